The van der Waals surface area contributed by atoms with Gasteiger partial charge in [0.2, 0.25) is 5.91 Å². The van der Waals surface area contributed by atoms with Gasteiger partial charge in [-0.2, -0.15) is 0 Å². The zero-order valence-electron chi connectivity index (χ0n) is 22.2. The average Bonchev–Trinajstić information content (AvgIpc) is 3.27. The number of nitrogens with one attached hydrogen (secondary N) is 2. The van der Waals surface area contributed by atoms with Gasteiger partial charge in [0.15, 0.2) is 0 Å². The van der Waals surface area contributed by atoms with Crippen LogP contribution in [0.15, 0.2) is 60.7 Å². The van der Waals surface area contributed by atoms with Crippen LogP contribution < -0.4 is 15.4 Å². The van der Waals surface area contributed by atoms with Crippen LogP contribution in [-0.4, -0.2) is 53.3 Å². The zero-order chi connectivity index (χ0) is 28.1. The minimum Gasteiger partial charge on any atom is -0.491 e. The van der Waals surface area contributed by atoms with E-state index in [0.717, 1.165) is 27.9 Å². The van der Waals surface area contributed by atoms with Gasteiger partial charge in [0.05, 0.1) is 24.6 Å². The lowest BCUT2D eigenvalue weighted by atomic mass is 10.1. The number of para-hydroxylation sites is 1. The maximum Gasteiger partial charge on any atom is 0.335 e. The fourth-order valence-corrected chi connectivity index (χ4v) is 4.74. The lowest BCUT2D eigenvalue weighted by molar-refractivity contribution is -0.132. The molecule has 9 heteroatoms. The normalized spacial score (nSPS) is 16.6. The molecule has 0 unspecified atom stereocenters. The second-order valence-corrected chi connectivity index (χ2v) is 9.85. The van der Waals surface area contributed by atoms with Crippen LogP contribution in [-0.2, 0) is 11.2 Å². The number of ether oxygens (including phenoxy) is 1. The first kappa shape index (κ1) is 27.6. The summed E-state index contributed by atoms with van der Waals surface area (Å²) in [5, 5.41) is 14.8. The van der Waals surface area contributed by atoms with E-state index in [-0.39, 0.29) is 43.5 Å². The van der Waals surface area contributed by atoms with E-state index in [1.807, 2.05) is 45.0 Å². The zero-order valence-corrected chi connectivity index (χ0v) is 22.2. The predicted molar refractivity (Wildman–Crippen MR) is 147 cm³/mol. The lowest BCUT2D eigenvalue weighted by Gasteiger charge is -2.24. The Balaban J connectivity index is 1.35. The maximum absolute atomic E-state index is 14.3. The van der Waals surface area contributed by atoms with E-state index < -0.39 is 18.2 Å². The largest absolute Gasteiger partial charge is 0.491 e. The number of carboxylic acid groups (broad SMARTS) is 1. The topological polar surface area (TPSA) is 108 Å². The number of hydrogen-bond acceptors (Lipinski definition) is 4. The number of nitrogens with zero attached hydrogens (tertiary/aromatic N) is 1. The van der Waals surface area contributed by atoms with Crippen LogP contribution in [0, 0.1) is 20.8 Å². The van der Waals surface area contributed by atoms with Crippen LogP contribution in [0.4, 0.5) is 20.6 Å². The van der Waals surface area contributed by atoms with Gasteiger partial charge in [-0.05, 0) is 73.4 Å². The van der Waals surface area contributed by atoms with E-state index in [0.29, 0.717) is 11.4 Å². The van der Waals surface area contributed by atoms with Gasteiger partial charge in [-0.25, -0.2) is 14.0 Å². The molecule has 0 aromatic heterocycles. The van der Waals surface area contributed by atoms with Crippen LogP contribution >= 0.6 is 0 Å². The Morgan fingerprint density at radius 2 is 1.67 bits per heavy atom. The van der Waals surface area contributed by atoms with Crippen molar-refractivity contribution in [1.29, 1.82) is 0 Å². The fraction of sp³-hybridized carbons (Fsp3) is 0.300. The van der Waals surface area contributed by atoms with E-state index in [2.05, 4.69) is 10.6 Å². The molecule has 0 saturated carbocycles. The van der Waals surface area contributed by atoms with Crippen molar-refractivity contribution < 1.29 is 28.6 Å². The van der Waals surface area contributed by atoms with Crippen LogP contribution in [0.2, 0.25) is 0 Å². The van der Waals surface area contributed by atoms with Crippen molar-refractivity contribution in [3.8, 4) is 5.75 Å². The summed E-state index contributed by atoms with van der Waals surface area (Å²) in [4.78, 5) is 38.2. The number of amides is 3. The van der Waals surface area contributed by atoms with Crippen LogP contribution in [0.1, 0.15) is 39.0 Å². The van der Waals surface area contributed by atoms with Crippen molar-refractivity contribution in [2.24, 2.45) is 0 Å². The summed E-state index contributed by atoms with van der Waals surface area (Å²) in [5.41, 5.74) is 5.02. The number of benzene rings is 3. The number of carboxylic acids is 1. The van der Waals surface area contributed by atoms with E-state index in [4.69, 9.17) is 9.84 Å². The van der Waals surface area contributed by atoms with Gasteiger partial charge < -0.3 is 25.4 Å². The van der Waals surface area contributed by atoms with Gasteiger partial charge >= 0.3 is 12.0 Å². The molecule has 1 saturated heterocycles. The predicted octanol–water partition coefficient (Wildman–Crippen LogP) is 5.51. The Kier molecular flexibility index (Phi) is 8.49. The van der Waals surface area contributed by atoms with Crippen molar-refractivity contribution in [3.05, 3.63) is 88.5 Å². The van der Waals surface area contributed by atoms with Crippen molar-refractivity contribution in [2.45, 2.75) is 45.8 Å². The number of aromatic carboxylic acids is 1. The van der Waals surface area contributed by atoms with Crippen molar-refractivity contribution in [1.82, 2.24) is 4.90 Å². The first-order valence-corrected chi connectivity index (χ1v) is 12.7. The van der Waals surface area contributed by atoms with Crippen LogP contribution in [0.3, 0.4) is 0 Å². The third kappa shape index (κ3) is 6.93. The number of hydrogen-bond donors (Lipinski definition) is 3. The molecule has 0 aliphatic carbocycles. The molecule has 204 valence electrons. The maximum atomic E-state index is 14.3. The highest BCUT2D eigenvalue weighted by Gasteiger charge is 2.35. The molecule has 39 heavy (non-hydrogen) atoms. The first-order valence-electron chi connectivity index (χ1n) is 12.7. The number of urea groups is 1. The summed E-state index contributed by atoms with van der Waals surface area (Å²) < 4.78 is 20.0. The van der Waals surface area contributed by atoms with Gasteiger partial charge in [-0.15, -0.1) is 0 Å². The quantitative estimate of drug-likeness (QED) is 0.354. The monoisotopic (exact) mass is 533 g/mol. The smallest absolute Gasteiger partial charge is 0.335 e. The molecule has 0 bridgehead atoms. The second kappa shape index (κ2) is 12.0. The standard InChI is InChI=1S/C30H32FN3O5/c1-18-5-4-6-19(2)28(18)33-30(38)32-26-12-7-21(13-20(26)3)14-27(35)34-16-23(31)15-24(34)17-39-25-10-8-22(9-11-25)29(36)37/h4-13,23-24H,14-17H2,1-3H3,(H,36,37)(H2,32,33,38)/t23-,24-/m0/s1. The minimum absolute atomic E-state index is 0.00191. The van der Waals surface area contributed by atoms with E-state index >= 15 is 0 Å². The Morgan fingerprint density at radius 3 is 2.31 bits per heavy atom. The Hall–Kier alpha value is -4.40. The Bertz CT molecular complexity index is 1360. The molecule has 2 atom stereocenters. The third-order valence-electron chi connectivity index (χ3n) is 6.84. The highest BCUT2D eigenvalue weighted by atomic mass is 19.1. The molecule has 1 aliphatic heterocycles. The molecule has 1 heterocycles. The average molecular weight is 534 g/mol. The molecule has 3 aromatic carbocycles. The molecule has 1 fully saturated rings. The van der Waals surface area contributed by atoms with E-state index in [9.17, 15) is 18.8 Å². The molecule has 3 N–H and O–H groups in total. The van der Waals surface area contributed by atoms with Gasteiger partial charge in [-0.3, -0.25) is 4.79 Å². The van der Waals surface area contributed by atoms with Crippen molar-refractivity contribution in [2.75, 3.05) is 23.8 Å². The summed E-state index contributed by atoms with van der Waals surface area (Å²) in [6.45, 7) is 5.82. The number of carbonyl (C=O) groups is 3. The number of carbonyl (C=O) groups excluding carboxylic acids is 2. The number of aryl methyl sites for hydroxylation is 3. The number of alkyl halides is 1. The fourth-order valence-electron chi connectivity index (χ4n) is 4.74. The SMILES string of the molecule is Cc1cc(CC(=O)N2C[C@@H](F)C[C@H]2COc2ccc(C(=O)O)cc2)ccc1NC(=O)Nc1c(C)cccc1C. The summed E-state index contributed by atoms with van der Waals surface area (Å²) in [6, 6.07) is 16.3. The highest BCUT2D eigenvalue weighted by molar-refractivity contribution is 6.01. The summed E-state index contributed by atoms with van der Waals surface area (Å²) in [5.74, 6) is -0.790. The molecule has 0 spiro atoms. The van der Waals surface area contributed by atoms with Crippen LogP contribution in [0.5, 0.6) is 5.75 Å². The van der Waals surface area contributed by atoms with E-state index in [1.165, 1.54) is 29.2 Å². The van der Waals surface area contributed by atoms with Gasteiger partial charge in [0, 0.05) is 17.8 Å². The van der Waals surface area contributed by atoms with Gasteiger partial charge in [-0.1, -0.05) is 30.3 Å². The molecule has 1 aliphatic rings. The minimum atomic E-state index is -1.14. The number of anilines is 2. The second-order valence-electron chi connectivity index (χ2n) is 9.85. The third-order valence-corrected chi connectivity index (χ3v) is 6.84. The van der Waals surface area contributed by atoms with Crippen molar-refractivity contribution >= 4 is 29.3 Å². The Labute approximate surface area is 226 Å². The molecular formula is C30H32FN3O5. The van der Waals surface area contributed by atoms with Gasteiger partial charge in [0.25, 0.3) is 0 Å². The van der Waals surface area contributed by atoms with Gasteiger partial charge in [0.1, 0.15) is 18.5 Å². The summed E-state index contributed by atoms with van der Waals surface area (Å²) in [7, 11) is 0. The number of halogens is 1. The molecular weight excluding hydrogens is 501 g/mol. The first-order chi connectivity index (χ1) is 18.6. The number of likely N-dealkylation sites (tertiary alicyclic amines) is 1. The highest BCUT2D eigenvalue weighted by Crippen LogP contribution is 2.25. The van der Waals surface area contributed by atoms with Crippen molar-refractivity contribution in [3.63, 3.8) is 0 Å². The van der Waals surface area contributed by atoms with Crippen LogP contribution in [0.25, 0.3) is 0 Å². The molecule has 4 rings (SSSR count). The Morgan fingerprint density at radius 1 is 0.974 bits per heavy atom. The summed E-state index contributed by atoms with van der Waals surface area (Å²) >= 11 is 0. The molecule has 8 nitrogen and oxygen atoms in total. The molecule has 3 aromatic rings. The van der Waals surface area contributed by atoms with E-state index in [1.54, 1.807) is 12.1 Å². The lowest BCUT2D eigenvalue weighted by Crippen LogP contribution is -2.40. The number of rotatable bonds is 8. The summed E-state index contributed by atoms with van der Waals surface area (Å²) in [6.07, 6.45) is -0.872. The molecule has 0 radical (unpaired) electrons. The molecule has 3 amide bonds.